The van der Waals surface area contributed by atoms with Crippen LogP contribution in [-0.2, 0) is 13.0 Å². The summed E-state index contributed by atoms with van der Waals surface area (Å²) in [7, 11) is 0. The Morgan fingerprint density at radius 1 is 1.40 bits per heavy atom. The molecule has 2 aliphatic heterocycles. The van der Waals surface area contributed by atoms with Crippen molar-refractivity contribution in [1.82, 2.24) is 14.8 Å². The molecule has 1 saturated heterocycles. The first kappa shape index (κ1) is 9.70. The van der Waals surface area contributed by atoms with Crippen LogP contribution < -0.4 is 0 Å². The quantitative estimate of drug-likeness (QED) is 0.730. The molecule has 2 unspecified atom stereocenters. The molecule has 3 nitrogen and oxygen atoms in total. The molecular weight excluding hydrogens is 206 g/mol. The second-order valence-corrected chi connectivity index (χ2v) is 5.92. The Labute approximate surface area is 94.7 Å². The van der Waals surface area contributed by atoms with Crippen LogP contribution in [0.15, 0.2) is 0 Å². The van der Waals surface area contributed by atoms with Crippen LogP contribution in [0.25, 0.3) is 0 Å². The van der Waals surface area contributed by atoms with Crippen LogP contribution in [0.3, 0.4) is 0 Å². The van der Waals surface area contributed by atoms with Gasteiger partial charge >= 0.3 is 0 Å². The Balaban J connectivity index is 1.85. The van der Waals surface area contributed by atoms with E-state index in [2.05, 4.69) is 16.7 Å². The van der Waals surface area contributed by atoms with Crippen LogP contribution in [0, 0.1) is 5.92 Å². The molecule has 4 heteroatoms. The van der Waals surface area contributed by atoms with Crippen molar-refractivity contribution in [3.8, 4) is 0 Å². The summed E-state index contributed by atoms with van der Waals surface area (Å²) in [6.07, 6.45) is 3.66. The van der Waals surface area contributed by atoms with Crippen molar-refractivity contribution in [1.29, 1.82) is 0 Å². The zero-order chi connectivity index (χ0) is 10.3. The van der Waals surface area contributed by atoms with Gasteiger partial charge in [0.05, 0.1) is 0 Å². The topological polar surface area (TPSA) is 30.7 Å². The molecule has 3 heterocycles. The molecule has 82 valence electrons. The molecule has 0 N–H and O–H groups in total. The monoisotopic (exact) mass is 223 g/mol. The Hall–Kier alpha value is -0.510. The van der Waals surface area contributed by atoms with E-state index in [1.807, 2.05) is 11.8 Å². The zero-order valence-electron chi connectivity index (χ0n) is 9.15. The minimum absolute atomic E-state index is 0.628. The van der Waals surface area contributed by atoms with E-state index in [4.69, 9.17) is 4.98 Å². The van der Waals surface area contributed by atoms with Crippen LogP contribution in [0.2, 0.25) is 0 Å². The number of thioether (sulfide) groups is 1. The molecule has 0 aliphatic carbocycles. The Bertz CT molecular complexity index is 355. The molecule has 1 fully saturated rings. The fourth-order valence-electron chi connectivity index (χ4n) is 2.40. The molecule has 0 radical (unpaired) electrons. The highest BCUT2D eigenvalue weighted by Crippen LogP contribution is 2.31. The van der Waals surface area contributed by atoms with Gasteiger partial charge in [0.1, 0.15) is 5.82 Å². The summed E-state index contributed by atoms with van der Waals surface area (Å²) >= 11 is 2.03. The highest BCUT2D eigenvalue weighted by atomic mass is 32.2. The first-order chi connectivity index (χ1) is 7.33. The number of hydrogen-bond donors (Lipinski definition) is 0. The number of aryl methyl sites for hydroxylation is 1. The summed E-state index contributed by atoms with van der Waals surface area (Å²) in [6, 6.07) is 0. The molecule has 2 aliphatic rings. The standard InChI is InChI=1S/C11H17N3S/c1-8-2-3-10-12-11(13-14(10)6-8)9-4-5-15-7-9/h8-9H,2-7H2,1H3. The van der Waals surface area contributed by atoms with Crippen LogP contribution in [0.5, 0.6) is 0 Å². The fraction of sp³-hybridized carbons (Fsp3) is 0.818. The first-order valence-corrected chi connectivity index (χ1v) is 7.00. The lowest BCUT2D eigenvalue weighted by molar-refractivity contribution is 0.367. The van der Waals surface area contributed by atoms with Gasteiger partial charge < -0.3 is 0 Å². The Morgan fingerprint density at radius 2 is 2.33 bits per heavy atom. The molecule has 0 amide bonds. The highest BCUT2D eigenvalue weighted by molar-refractivity contribution is 7.99. The Kier molecular flexibility index (Phi) is 2.47. The molecule has 0 saturated carbocycles. The number of hydrogen-bond acceptors (Lipinski definition) is 3. The summed E-state index contributed by atoms with van der Waals surface area (Å²) in [6.45, 7) is 3.37. The van der Waals surface area contributed by atoms with E-state index in [1.165, 1.54) is 30.2 Å². The summed E-state index contributed by atoms with van der Waals surface area (Å²) in [4.78, 5) is 4.71. The molecule has 0 spiro atoms. The first-order valence-electron chi connectivity index (χ1n) is 5.84. The normalized spacial score (nSPS) is 30.5. The molecule has 3 rings (SSSR count). The van der Waals surface area contributed by atoms with Crippen molar-refractivity contribution in [2.45, 2.75) is 38.6 Å². The SMILES string of the molecule is CC1CCc2nc(C3CCSC3)nn2C1. The van der Waals surface area contributed by atoms with E-state index in [0.717, 1.165) is 24.7 Å². The molecular formula is C11H17N3S. The van der Waals surface area contributed by atoms with Crippen LogP contribution in [0.4, 0.5) is 0 Å². The van der Waals surface area contributed by atoms with Gasteiger partial charge in [-0.25, -0.2) is 9.67 Å². The molecule has 1 aromatic heterocycles. The number of aromatic nitrogens is 3. The lowest BCUT2D eigenvalue weighted by atomic mass is 10.0. The Morgan fingerprint density at radius 3 is 3.13 bits per heavy atom. The van der Waals surface area contributed by atoms with E-state index in [9.17, 15) is 0 Å². The fourth-order valence-corrected chi connectivity index (χ4v) is 3.62. The number of nitrogens with zero attached hydrogens (tertiary/aromatic N) is 3. The third-order valence-electron chi connectivity index (χ3n) is 3.40. The molecule has 2 atom stereocenters. The van der Waals surface area contributed by atoms with Crippen LogP contribution in [0.1, 0.15) is 37.3 Å². The van der Waals surface area contributed by atoms with Crippen molar-refractivity contribution in [3.63, 3.8) is 0 Å². The van der Waals surface area contributed by atoms with Crippen molar-refractivity contribution in [2.75, 3.05) is 11.5 Å². The maximum absolute atomic E-state index is 4.71. The van der Waals surface area contributed by atoms with Gasteiger partial charge in [0.25, 0.3) is 0 Å². The van der Waals surface area contributed by atoms with E-state index < -0.39 is 0 Å². The smallest absolute Gasteiger partial charge is 0.154 e. The number of fused-ring (bicyclic) bond motifs is 1. The van der Waals surface area contributed by atoms with Gasteiger partial charge in [0, 0.05) is 24.6 Å². The summed E-state index contributed by atoms with van der Waals surface area (Å²) < 4.78 is 2.15. The minimum atomic E-state index is 0.628. The minimum Gasteiger partial charge on any atom is -0.250 e. The largest absolute Gasteiger partial charge is 0.250 e. The van der Waals surface area contributed by atoms with Gasteiger partial charge in [-0.2, -0.15) is 16.9 Å². The van der Waals surface area contributed by atoms with E-state index in [1.54, 1.807) is 0 Å². The van der Waals surface area contributed by atoms with Gasteiger partial charge in [0.15, 0.2) is 5.82 Å². The maximum atomic E-state index is 4.71. The number of rotatable bonds is 1. The van der Waals surface area contributed by atoms with Crippen LogP contribution >= 0.6 is 11.8 Å². The highest BCUT2D eigenvalue weighted by Gasteiger charge is 2.25. The van der Waals surface area contributed by atoms with Gasteiger partial charge in [-0.1, -0.05) is 6.92 Å². The third-order valence-corrected chi connectivity index (χ3v) is 4.57. The van der Waals surface area contributed by atoms with E-state index in [-0.39, 0.29) is 0 Å². The third kappa shape index (κ3) is 1.80. The summed E-state index contributed by atoms with van der Waals surface area (Å²) in [5.41, 5.74) is 0. The van der Waals surface area contributed by atoms with Crippen molar-refractivity contribution < 1.29 is 0 Å². The molecule has 0 aromatic carbocycles. The average Bonchev–Trinajstić information content (AvgIpc) is 2.84. The van der Waals surface area contributed by atoms with Gasteiger partial charge in [0.2, 0.25) is 0 Å². The summed E-state index contributed by atoms with van der Waals surface area (Å²) in [5.74, 6) is 6.24. The zero-order valence-corrected chi connectivity index (χ0v) is 9.96. The molecule has 0 bridgehead atoms. The van der Waals surface area contributed by atoms with E-state index in [0.29, 0.717) is 5.92 Å². The lowest BCUT2D eigenvalue weighted by Crippen LogP contribution is -2.18. The van der Waals surface area contributed by atoms with Gasteiger partial charge in [-0.15, -0.1) is 0 Å². The average molecular weight is 223 g/mol. The van der Waals surface area contributed by atoms with Crippen molar-refractivity contribution in [2.24, 2.45) is 5.92 Å². The van der Waals surface area contributed by atoms with Gasteiger partial charge in [-0.05, 0) is 24.5 Å². The van der Waals surface area contributed by atoms with Gasteiger partial charge in [-0.3, -0.25) is 0 Å². The molecule has 15 heavy (non-hydrogen) atoms. The maximum Gasteiger partial charge on any atom is 0.154 e. The predicted octanol–water partition coefficient (Wildman–Crippen LogP) is 2.08. The lowest BCUT2D eigenvalue weighted by Gasteiger charge is -2.17. The van der Waals surface area contributed by atoms with E-state index >= 15 is 0 Å². The van der Waals surface area contributed by atoms with Crippen LogP contribution in [-0.4, -0.2) is 26.3 Å². The van der Waals surface area contributed by atoms with Crippen molar-refractivity contribution >= 4 is 11.8 Å². The van der Waals surface area contributed by atoms with Crippen molar-refractivity contribution in [3.05, 3.63) is 11.6 Å². The second-order valence-electron chi connectivity index (χ2n) is 4.77. The predicted molar refractivity (Wildman–Crippen MR) is 62.2 cm³/mol. The molecule has 1 aromatic rings. The second kappa shape index (κ2) is 3.81. The summed E-state index contributed by atoms with van der Waals surface area (Å²) in [5, 5.41) is 4.68.